The van der Waals surface area contributed by atoms with Crippen molar-refractivity contribution in [2.45, 2.75) is 16.4 Å². The molecule has 0 spiro atoms. The number of carbonyl (C=O) groups excluding carboxylic acids is 1. The van der Waals surface area contributed by atoms with E-state index >= 15 is 0 Å². The second-order valence-corrected chi connectivity index (χ2v) is 7.56. The van der Waals surface area contributed by atoms with E-state index < -0.39 is 15.8 Å². The number of ether oxygens (including phenoxy) is 1. The molecular formula is C16H16O4S2. The van der Waals surface area contributed by atoms with Gasteiger partial charge in [0, 0.05) is 11.2 Å². The number of rotatable bonds is 5. The number of sulfone groups is 1. The Morgan fingerprint density at radius 3 is 2.32 bits per heavy atom. The summed E-state index contributed by atoms with van der Waals surface area (Å²) in [7, 11) is -3.47. The highest BCUT2D eigenvalue weighted by Crippen LogP contribution is 2.18. The van der Waals surface area contributed by atoms with E-state index in [4.69, 9.17) is 4.74 Å². The maximum atomic E-state index is 12.1. The zero-order valence-corrected chi connectivity index (χ0v) is 13.9. The van der Waals surface area contributed by atoms with E-state index in [9.17, 15) is 13.2 Å². The number of hydrogen-bond donors (Lipinski definition) is 0. The molecule has 116 valence electrons. The van der Waals surface area contributed by atoms with Gasteiger partial charge >= 0.3 is 5.97 Å². The van der Waals surface area contributed by atoms with Crippen molar-refractivity contribution in [3.05, 3.63) is 59.7 Å². The fraction of sp³-hybridized carbons (Fsp3) is 0.188. The van der Waals surface area contributed by atoms with Gasteiger partial charge in [0.15, 0.2) is 9.84 Å². The zero-order valence-electron chi connectivity index (χ0n) is 12.3. The molecule has 0 bridgehead atoms. The fourth-order valence-electron chi connectivity index (χ4n) is 1.91. The van der Waals surface area contributed by atoms with Crippen molar-refractivity contribution >= 4 is 27.6 Å². The highest BCUT2D eigenvalue weighted by atomic mass is 32.2. The van der Waals surface area contributed by atoms with Crippen molar-refractivity contribution in [2.75, 3.05) is 12.5 Å². The van der Waals surface area contributed by atoms with Crippen LogP contribution in [-0.4, -0.2) is 26.9 Å². The van der Waals surface area contributed by atoms with Crippen LogP contribution in [0.5, 0.6) is 0 Å². The van der Waals surface area contributed by atoms with Gasteiger partial charge in [-0.3, -0.25) is 0 Å². The van der Waals surface area contributed by atoms with Crippen molar-refractivity contribution < 1.29 is 17.9 Å². The third kappa shape index (κ3) is 4.11. The first-order chi connectivity index (χ1) is 10.4. The first kappa shape index (κ1) is 16.6. The Morgan fingerprint density at radius 2 is 1.73 bits per heavy atom. The van der Waals surface area contributed by atoms with E-state index in [1.807, 2.05) is 30.5 Å². The van der Waals surface area contributed by atoms with Gasteiger partial charge in [0.05, 0.1) is 10.5 Å². The lowest BCUT2D eigenvalue weighted by molar-refractivity contribution is 0.0468. The monoisotopic (exact) mass is 336 g/mol. The normalized spacial score (nSPS) is 11.2. The van der Waals surface area contributed by atoms with Crippen LogP contribution in [0.2, 0.25) is 0 Å². The van der Waals surface area contributed by atoms with Crippen LogP contribution in [0, 0.1) is 0 Å². The van der Waals surface area contributed by atoms with Gasteiger partial charge in [0.1, 0.15) is 6.61 Å². The van der Waals surface area contributed by atoms with Crippen molar-refractivity contribution in [1.29, 1.82) is 0 Å². The maximum Gasteiger partial charge on any atom is 0.339 e. The molecule has 0 fully saturated rings. The molecule has 0 saturated carbocycles. The van der Waals surface area contributed by atoms with Crippen molar-refractivity contribution in [1.82, 2.24) is 0 Å². The predicted molar refractivity (Wildman–Crippen MR) is 86.9 cm³/mol. The molecule has 0 amide bonds. The summed E-state index contributed by atoms with van der Waals surface area (Å²) in [6.45, 7) is 0.103. The van der Waals surface area contributed by atoms with Crippen LogP contribution in [-0.2, 0) is 21.2 Å². The molecule has 0 radical (unpaired) electrons. The average molecular weight is 336 g/mol. The minimum Gasteiger partial charge on any atom is -0.457 e. The second kappa shape index (κ2) is 6.98. The summed E-state index contributed by atoms with van der Waals surface area (Å²) >= 11 is 1.63. The lowest BCUT2D eigenvalue weighted by Gasteiger charge is -2.08. The molecule has 0 aliphatic carbocycles. The quantitative estimate of drug-likeness (QED) is 0.620. The van der Waals surface area contributed by atoms with Crippen molar-refractivity contribution in [3.8, 4) is 0 Å². The fourth-order valence-corrected chi connectivity index (χ4v) is 3.19. The molecule has 0 N–H and O–H groups in total. The summed E-state index contributed by atoms with van der Waals surface area (Å²) in [5.41, 5.74) is 0.911. The molecule has 0 aliphatic rings. The largest absolute Gasteiger partial charge is 0.457 e. The SMILES string of the molecule is CSc1ccc(COC(=O)c2ccccc2S(C)(=O)=O)cc1. The van der Waals surface area contributed by atoms with E-state index in [-0.39, 0.29) is 17.1 Å². The minimum atomic E-state index is -3.47. The third-order valence-corrected chi connectivity index (χ3v) is 4.93. The number of hydrogen-bond acceptors (Lipinski definition) is 5. The number of thioether (sulfide) groups is 1. The summed E-state index contributed by atoms with van der Waals surface area (Å²) in [5, 5.41) is 0. The second-order valence-electron chi connectivity index (χ2n) is 4.69. The summed E-state index contributed by atoms with van der Waals surface area (Å²) in [5.74, 6) is -0.644. The summed E-state index contributed by atoms with van der Waals surface area (Å²) in [6, 6.07) is 13.7. The first-order valence-corrected chi connectivity index (χ1v) is 9.62. The topological polar surface area (TPSA) is 60.4 Å². The Kier molecular flexibility index (Phi) is 5.26. The van der Waals surface area contributed by atoms with Crippen LogP contribution in [0.1, 0.15) is 15.9 Å². The lowest BCUT2D eigenvalue weighted by Crippen LogP contribution is -2.11. The van der Waals surface area contributed by atoms with Gasteiger partial charge in [-0.05, 0) is 36.1 Å². The minimum absolute atomic E-state index is 0.0160. The van der Waals surface area contributed by atoms with E-state index in [1.165, 1.54) is 12.1 Å². The lowest BCUT2D eigenvalue weighted by atomic mass is 10.2. The summed E-state index contributed by atoms with van der Waals surface area (Å²) in [4.78, 5) is 13.2. The first-order valence-electron chi connectivity index (χ1n) is 6.51. The van der Waals surface area contributed by atoms with Gasteiger partial charge in [-0.25, -0.2) is 13.2 Å². The predicted octanol–water partition coefficient (Wildman–Crippen LogP) is 3.17. The number of benzene rings is 2. The van der Waals surface area contributed by atoms with Crippen molar-refractivity contribution in [2.24, 2.45) is 0 Å². The molecule has 0 saturated heterocycles. The van der Waals surface area contributed by atoms with Crippen LogP contribution in [0.3, 0.4) is 0 Å². The molecule has 0 aliphatic heterocycles. The number of carbonyl (C=O) groups is 1. The standard InChI is InChI=1S/C16H16O4S2/c1-21-13-9-7-12(8-10-13)11-20-16(17)14-5-3-4-6-15(14)22(2,18)19/h3-10H,11H2,1-2H3. The molecule has 2 rings (SSSR count). The van der Waals surface area contributed by atoms with Gasteiger partial charge in [0.25, 0.3) is 0 Å². The van der Waals surface area contributed by atoms with E-state index in [0.717, 1.165) is 16.7 Å². The molecule has 6 heteroatoms. The van der Waals surface area contributed by atoms with Gasteiger partial charge in [-0.15, -0.1) is 11.8 Å². The highest BCUT2D eigenvalue weighted by molar-refractivity contribution is 7.98. The van der Waals surface area contributed by atoms with E-state index in [1.54, 1.807) is 23.9 Å². The van der Waals surface area contributed by atoms with Crippen LogP contribution in [0.15, 0.2) is 58.3 Å². The third-order valence-electron chi connectivity index (χ3n) is 3.04. The van der Waals surface area contributed by atoms with Crippen molar-refractivity contribution in [3.63, 3.8) is 0 Å². The molecule has 0 unspecified atom stereocenters. The molecule has 0 heterocycles. The van der Waals surface area contributed by atoms with E-state index in [0.29, 0.717) is 0 Å². The summed E-state index contributed by atoms with van der Waals surface area (Å²) < 4.78 is 28.6. The van der Waals surface area contributed by atoms with Gasteiger partial charge in [-0.2, -0.15) is 0 Å². The molecule has 0 atom stereocenters. The Bertz CT molecular complexity index is 765. The maximum absolute atomic E-state index is 12.1. The summed E-state index contributed by atoms with van der Waals surface area (Å²) in [6.07, 6.45) is 3.05. The molecule has 22 heavy (non-hydrogen) atoms. The van der Waals surface area contributed by atoms with Gasteiger partial charge in [-0.1, -0.05) is 24.3 Å². The Labute approximate surface area is 134 Å². The Morgan fingerprint density at radius 1 is 1.09 bits per heavy atom. The molecular weight excluding hydrogens is 320 g/mol. The molecule has 2 aromatic rings. The molecule has 2 aromatic carbocycles. The Hall–Kier alpha value is -1.79. The van der Waals surface area contributed by atoms with Crippen LogP contribution in [0.4, 0.5) is 0 Å². The van der Waals surface area contributed by atoms with Crippen LogP contribution in [0.25, 0.3) is 0 Å². The smallest absolute Gasteiger partial charge is 0.339 e. The van der Waals surface area contributed by atoms with E-state index in [2.05, 4.69) is 0 Å². The van der Waals surface area contributed by atoms with Gasteiger partial charge in [0.2, 0.25) is 0 Å². The molecule has 4 nitrogen and oxygen atoms in total. The zero-order chi connectivity index (χ0) is 16.2. The highest BCUT2D eigenvalue weighted by Gasteiger charge is 2.19. The average Bonchev–Trinajstić information content (AvgIpc) is 2.52. The number of esters is 1. The Balaban J connectivity index is 2.13. The van der Waals surface area contributed by atoms with Crippen LogP contribution < -0.4 is 0 Å². The molecule has 0 aromatic heterocycles. The van der Waals surface area contributed by atoms with Gasteiger partial charge < -0.3 is 4.74 Å². The van der Waals surface area contributed by atoms with Crippen LogP contribution >= 0.6 is 11.8 Å².